The molecule has 0 aliphatic rings. The monoisotopic (exact) mass is 170 g/mol. The summed E-state index contributed by atoms with van der Waals surface area (Å²) in [5.74, 6) is 0. The van der Waals surface area contributed by atoms with Gasteiger partial charge in [-0.1, -0.05) is 17.7 Å². The molecule has 0 unspecified atom stereocenters. The molecule has 0 spiro atoms. The third-order valence-electron chi connectivity index (χ3n) is 1.60. The third-order valence-corrected chi connectivity index (χ3v) is 1.60. The van der Waals surface area contributed by atoms with Crippen molar-refractivity contribution in [3.8, 4) is 0 Å². The van der Waals surface area contributed by atoms with Gasteiger partial charge >= 0.3 is 0 Å². The molecular weight excluding hydrogens is 152 g/mol. The summed E-state index contributed by atoms with van der Waals surface area (Å²) < 4.78 is 0. The highest BCUT2D eigenvalue weighted by molar-refractivity contribution is 5.04. The second-order valence-corrected chi connectivity index (χ2v) is 3.02. The first kappa shape index (κ1) is 11.4. The molecule has 0 aliphatic carbocycles. The summed E-state index contributed by atoms with van der Waals surface area (Å²) in [5, 5.41) is 17.4. The number of allylic oxidation sites excluding steroid dienone is 2. The molecule has 0 saturated heterocycles. The van der Waals surface area contributed by atoms with E-state index in [4.69, 9.17) is 10.2 Å². The van der Waals surface area contributed by atoms with Crippen LogP contribution in [0.15, 0.2) is 23.3 Å². The third kappa shape index (κ3) is 6.13. The van der Waals surface area contributed by atoms with Crippen molar-refractivity contribution in [3.05, 3.63) is 23.3 Å². The summed E-state index contributed by atoms with van der Waals surface area (Å²) in [6.07, 6.45) is 5.57. The van der Waals surface area contributed by atoms with Crippen LogP contribution in [0, 0.1) is 0 Å². The molecule has 0 rings (SSSR count). The van der Waals surface area contributed by atoms with E-state index in [9.17, 15) is 0 Å². The molecule has 0 bridgehead atoms. The van der Waals surface area contributed by atoms with Crippen LogP contribution in [-0.2, 0) is 0 Å². The van der Waals surface area contributed by atoms with Gasteiger partial charge in [0.2, 0.25) is 0 Å². The lowest BCUT2D eigenvalue weighted by molar-refractivity contribution is 0.315. The second-order valence-electron chi connectivity index (χ2n) is 3.02. The van der Waals surface area contributed by atoms with Crippen molar-refractivity contribution < 1.29 is 10.2 Å². The summed E-state index contributed by atoms with van der Waals surface area (Å²) in [6, 6.07) is 0. The predicted molar refractivity (Wildman–Crippen MR) is 50.9 cm³/mol. The van der Waals surface area contributed by atoms with Crippen LogP contribution in [0.25, 0.3) is 0 Å². The number of hydrogen-bond donors (Lipinski definition) is 2. The standard InChI is InChI=1S/C10H18O2/c1-9(2)4-3-5-10(8-12)6-7-11/h4,6,11-12H,3,5,7-8H2,1-2H3/b10-6+. The minimum Gasteiger partial charge on any atom is -0.392 e. The van der Waals surface area contributed by atoms with E-state index in [1.807, 2.05) is 13.8 Å². The molecule has 0 aliphatic heterocycles. The first-order valence-corrected chi connectivity index (χ1v) is 4.23. The van der Waals surface area contributed by atoms with Gasteiger partial charge in [-0.3, -0.25) is 0 Å². The number of aliphatic hydroxyl groups is 2. The van der Waals surface area contributed by atoms with Gasteiger partial charge in [0.25, 0.3) is 0 Å². The lowest BCUT2D eigenvalue weighted by Crippen LogP contribution is -1.92. The molecule has 0 saturated carbocycles. The van der Waals surface area contributed by atoms with Gasteiger partial charge in [0.15, 0.2) is 0 Å². The summed E-state index contributed by atoms with van der Waals surface area (Å²) in [7, 11) is 0. The molecule has 0 heterocycles. The van der Waals surface area contributed by atoms with E-state index in [2.05, 4.69) is 6.08 Å². The van der Waals surface area contributed by atoms with Crippen LogP contribution in [0.5, 0.6) is 0 Å². The Morgan fingerprint density at radius 3 is 2.25 bits per heavy atom. The molecule has 0 amide bonds. The highest BCUT2D eigenvalue weighted by Gasteiger charge is 1.92. The van der Waals surface area contributed by atoms with Crippen LogP contribution >= 0.6 is 0 Å². The summed E-state index contributed by atoms with van der Waals surface area (Å²) in [6.45, 7) is 4.17. The molecule has 70 valence electrons. The van der Waals surface area contributed by atoms with E-state index in [1.54, 1.807) is 6.08 Å². The van der Waals surface area contributed by atoms with Gasteiger partial charge in [0.05, 0.1) is 13.2 Å². The molecule has 2 N–H and O–H groups in total. The molecule has 0 aromatic rings. The zero-order valence-electron chi connectivity index (χ0n) is 7.88. The highest BCUT2D eigenvalue weighted by atomic mass is 16.3. The minimum atomic E-state index is 0.0186. The Balaban J connectivity index is 3.74. The Bertz CT molecular complexity index is 165. The van der Waals surface area contributed by atoms with Gasteiger partial charge < -0.3 is 10.2 Å². The molecule has 2 heteroatoms. The average molecular weight is 170 g/mol. The van der Waals surface area contributed by atoms with Gasteiger partial charge in [-0.2, -0.15) is 0 Å². The van der Waals surface area contributed by atoms with Gasteiger partial charge in [-0.05, 0) is 32.3 Å². The summed E-state index contributed by atoms with van der Waals surface area (Å²) >= 11 is 0. The summed E-state index contributed by atoms with van der Waals surface area (Å²) in [4.78, 5) is 0. The van der Waals surface area contributed by atoms with Crippen molar-refractivity contribution in [3.63, 3.8) is 0 Å². The van der Waals surface area contributed by atoms with Gasteiger partial charge in [0.1, 0.15) is 0 Å². The van der Waals surface area contributed by atoms with Crippen molar-refractivity contribution in [1.29, 1.82) is 0 Å². The average Bonchev–Trinajstić information content (AvgIpc) is 2.02. The van der Waals surface area contributed by atoms with Crippen LogP contribution in [0.2, 0.25) is 0 Å². The first-order valence-electron chi connectivity index (χ1n) is 4.23. The van der Waals surface area contributed by atoms with Crippen LogP contribution in [0.3, 0.4) is 0 Å². The van der Waals surface area contributed by atoms with E-state index in [0.717, 1.165) is 18.4 Å². The van der Waals surface area contributed by atoms with Crippen molar-refractivity contribution in [2.24, 2.45) is 0 Å². The molecule has 0 radical (unpaired) electrons. The molecule has 0 aromatic heterocycles. The first-order chi connectivity index (χ1) is 5.70. The quantitative estimate of drug-likeness (QED) is 0.616. The molecule has 0 atom stereocenters. The summed E-state index contributed by atoms with van der Waals surface area (Å²) in [5.41, 5.74) is 2.20. The van der Waals surface area contributed by atoms with Crippen LogP contribution in [-0.4, -0.2) is 23.4 Å². The van der Waals surface area contributed by atoms with E-state index in [0.29, 0.717) is 0 Å². The SMILES string of the molecule is CC(C)=CCC/C(=C\CO)CO. The maximum atomic E-state index is 8.82. The fourth-order valence-corrected chi connectivity index (χ4v) is 0.921. The zero-order valence-corrected chi connectivity index (χ0v) is 7.88. The van der Waals surface area contributed by atoms with Crippen molar-refractivity contribution >= 4 is 0 Å². The Labute approximate surface area is 74.2 Å². The van der Waals surface area contributed by atoms with E-state index < -0.39 is 0 Å². The number of aliphatic hydroxyl groups excluding tert-OH is 2. The van der Waals surface area contributed by atoms with E-state index >= 15 is 0 Å². The fraction of sp³-hybridized carbons (Fsp3) is 0.600. The molecule has 0 aromatic carbocycles. The van der Waals surface area contributed by atoms with Gasteiger partial charge in [0, 0.05) is 0 Å². The predicted octanol–water partition coefficient (Wildman–Crippen LogP) is 1.64. The Morgan fingerprint density at radius 1 is 1.17 bits per heavy atom. The Morgan fingerprint density at radius 2 is 1.83 bits per heavy atom. The molecule has 12 heavy (non-hydrogen) atoms. The van der Waals surface area contributed by atoms with E-state index in [-0.39, 0.29) is 13.2 Å². The number of rotatable bonds is 5. The van der Waals surface area contributed by atoms with Crippen molar-refractivity contribution in [2.75, 3.05) is 13.2 Å². The lowest BCUT2D eigenvalue weighted by Gasteiger charge is -2.00. The largest absolute Gasteiger partial charge is 0.392 e. The lowest BCUT2D eigenvalue weighted by atomic mass is 10.1. The maximum Gasteiger partial charge on any atom is 0.0642 e. The second kappa shape index (κ2) is 7.07. The zero-order chi connectivity index (χ0) is 9.40. The van der Waals surface area contributed by atoms with Crippen LogP contribution in [0.4, 0.5) is 0 Å². The molecular formula is C10H18O2. The van der Waals surface area contributed by atoms with Crippen LogP contribution < -0.4 is 0 Å². The minimum absolute atomic E-state index is 0.0186. The van der Waals surface area contributed by atoms with Crippen molar-refractivity contribution in [1.82, 2.24) is 0 Å². The number of hydrogen-bond acceptors (Lipinski definition) is 2. The molecule has 0 fully saturated rings. The normalized spacial score (nSPS) is 11.5. The van der Waals surface area contributed by atoms with Crippen LogP contribution in [0.1, 0.15) is 26.7 Å². The van der Waals surface area contributed by atoms with Gasteiger partial charge in [-0.25, -0.2) is 0 Å². The fourth-order valence-electron chi connectivity index (χ4n) is 0.921. The molecule has 2 nitrogen and oxygen atoms in total. The highest BCUT2D eigenvalue weighted by Crippen LogP contribution is 2.06. The van der Waals surface area contributed by atoms with Crippen molar-refractivity contribution in [2.45, 2.75) is 26.7 Å². The van der Waals surface area contributed by atoms with E-state index in [1.165, 1.54) is 5.57 Å². The Kier molecular flexibility index (Phi) is 6.72. The Hall–Kier alpha value is -0.600. The smallest absolute Gasteiger partial charge is 0.0642 e. The topological polar surface area (TPSA) is 40.5 Å². The van der Waals surface area contributed by atoms with Gasteiger partial charge in [-0.15, -0.1) is 0 Å². The maximum absolute atomic E-state index is 8.82.